The molecule has 5 heteroatoms. The van der Waals surface area contributed by atoms with Crippen molar-refractivity contribution in [3.05, 3.63) is 29.8 Å². The molecule has 1 saturated carbocycles. The van der Waals surface area contributed by atoms with Crippen LogP contribution in [0.4, 0.5) is 0 Å². The SMILES string of the molecule is CCC1CC(=O)NC2CC(NC(=O)c3cccc(OC)c3)CCC12. The molecule has 2 N–H and O–H groups in total. The molecule has 130 valence electrons. The van der Waals surface area contributed by atoms with Crippen molar-refractivity contribution in [3.8, 4) is 5.75 Å². The second-order valence-corrected chi connectivity index (χ2v) is 6.93. The predicted octanol–water partition coefficient (Wildman–Crippen LogP) is 2.51. The van der Waals surface area contributed by atoms with Gasteiger partial charge in [0.05, 0.1) is 7.11 Å². The maximum Gasteiger partial charge on any atom is 0.251 e. The molecule has 2 aliphatic rings. The lowest BCUT2D eigenvalue weighted by atomic mass is 9.70. The first-order valence-electron chi connectivity index (χ1n) is 8.85. The molecule has 4 atom stereocenters. The maximum absolute atomic E-state index is 12.5. The van der Waals surface area contributed by atoms with Crippen LogP contribution in [0, 0.1) is 11.8 Å². The summed E-state index contributed by atoms with van der Waals surface area (Å²) >= 11 is 0. The molecule has 24 heavy (non-hydrogen) atoms. The number of carbonyl (C=O) groups excluding carboxylic acids is 2. The lowest BCUT2D eigenvalue weighted by molar-refractivity contribution is -0.127. The molecule has 5 nitrogen and oxygen atoms in total. The van der Waals surface area contributed by atoms with Gasteiger partial charge in [-0.25, -0.2) is 0 Å². The quantitative estimate of drug-likeness (QED) is 0.891. The molecule has 1 aliphatic carbocycles. The molecule has 0 aromatic heterocycles. The Morgan fingerprint density at radius 3 is 2.96 bits per heavy atom. The molecule has 0 bridgehead atoms. The molecule has 0 spiro atoms. The highest BCUT2D eigenvalue weighted by Gasteiger charge is 2.40. The highest BCUT2D eigenvalue weighted by molar-refractivity contribution is 5.94. The minimum Gasteiger partial charge on any atom is -0.497 e. The lowest BCUT2D eigenvalue weighted by Gasteiger charge is -2.44. The fraction of sp³-hybridized carbons (Fsp3) is 0.579. The van der Waals surface area contributed by atoms with Crippen LogP contribution in [0.15, 0.2) is 24.3 Å². The van der Waals surface area contributed by atoms with E-state index in [-0.39, 0.29) is 23.9 Å². The zero-order valence-corrected chi connectivity index (χ0v) is 14.4. The van der Waals surface area contributed by atoms with Crippen LogP contribution in [0.5, 0.6) is 5.75 Å². The Bertz CT molecular complexity index is 616. The van der Waals surface area contributed by atoms with E-state index in [1.54, 1.807) is 19.2 Å². The number of piperidine rings is 1. The van der Waals surface area contributed by atoms with Crippen LogP contribution >= 0.6 is 0 Å². The van der Waals surface area contributed by atoms with Crippen LogP contribution in [0.2, 0.25) is 0 Å². The van der Waals surface area contributed by atoms with E-state index >= 15 is 0 Å². The van der Waals surface area contributed by atoms with Crippen LogP contribution in [0.25, 0.3) is 0 Å². The van der Waals surface area contributed by atoms with Gasteiger partial charge >= 0.3 is 0 Å². The van der Waals surface area contributed by atoms with Crippen molar-refractivity contribution >= 4 is 11.8 Å². The van der Waals surface area contributed by atoms with E-state index in [0.29, 0.717) is 29.6 Å². The number of rotatable bonds is 4. The third-order valence-electron chi connectivity index (χ3n) is 5.49. The van der Waals surface area contributed by atoms with E-state index in [4.69, 9.17) is 4.74 Å². The van der Waals surface area contributed by atoms with E-state index < -0.39 is 0 Å². The van der Waals surface area contributed by atoms with Gasteiger partial charge in [-0.1, -0.05) is 19.4 Å². The van der Waals surface area contributed by atoms with Gasteiger partial charge in [0, 0.05) is 24.1 Å². The standard InChI is InChI=1S/C19H26N2O3/c1-3-12-10-18(22)21-17-11-14(7-8-16(12)17)20-19(23)13-5-4-6-15(9-13)24-2/h4-6,9,12,14,16-17H,3,7-8,10-11H2,1-2H3,(H,20,23)(H,21,22). The van der Waals surface area contributed by atoms with Gasteiger partial charge in [-0.05, 0) is 49.3 Å². The third-order valence-corrected chi connectivity index (χ3v) is 5.49. The normalized spacial score (nSPS) is 29.3. The number of hydrogen-bond donors (Lipinski definition) is 2. The molecule has 3 rings (SSSR count). The van der Waals surface area contributed by atoms with Crippen LogP contribution < -0.4 is 15.4 Å². The summed E-state index contributed by atoms with van der Waals surface area (Å²) in [5.41, 5.74) is 0.607. The highest BCUT2D eigenvalue weighted by Crippen LogP contribution is 2.37. The van der Waals surface area contributed by atoms with Crippen LogP contribution in [0.1, 0.15) is 49.4 Å². The number of carbonyl (C=O) groups is 2. The number of nitrogens with one attached hydrogen (secondary N) is 2. The Morgan fingerprint density at radius 2 is 2.21 bits per heavy atom. The first-order chi connectivity index (χ1) is 11.6. The zero-order valence-electron chi connectivity index (χ0n) is 14.4. The van der Waals surface area contributed by atoms with E-state index in [9.17, 15) is 9.59 Å². The molecule has 1 saturated heterocycles. The van der Waals surface area contributed by atoms with Crippen molar-refractivity contribution in [1.29, 1.82) is 0 Å². The van der Waals surface area contributed by atoms with Crippen LogP contribution in [0.3, 0.4) is 0 Å². The Labute approximate surface area is 143 Å². The lowest BCUT2D eigenvalue weighted by Crippen LogP contribution is -2.55. The number of amides is 2. The fourth-order valence-electron chi connectivity index (χ4n) is 4.19. The van der Waals surface area contributed by atoms with E-state index in [0.717, 1.165) is 25.7 Å². The predicted molar refractivity (Wildman–Crippen MR) is 91.9 cm³/mol. The van der Waals surface area contributed by atoms with E-state index in [1.807, 2.05) is 12.1 Å². The number of ether oxygens (including phenoxy) is 1. The first kappa shape index (κ1) is 16.8. The monoisotopic (exact) mass is 330 g/mol. The Hall–Kier alpha value is -2.04. The van der Waals surface area contributed by atoms with Crippen molar-refractivity contribution in [1.82, 2.24) is 10.6 Å². The number of benzene rings is 1. The summed E-state index contributed by atoms with van der Waals surface area (Å²) in [5, 5.41) is 6.26. The van der Waals surface area contributed by atoms with E-state index in [1.165, 1.54) is 0 Å². The molecule has 0 radical (unpaired) electrons. The molecule has 1 aliphatic heterocycles. The summed E-state index contributed by atoms with van der Waals surface area (Å²) in [6.07, 6.45) is 4.56. The molecule has 2 amide bonds. The fourth-order valence-corrected chi connectivity index (χ4v) is 4.19. The van der Waals surface area contributed by atoms with Gasteiger partial charge in [-0.15, -0.1) is 0 Å². The Balaban J connectivity index is 1.62. The Kier molecular flexibility index (Phi) is 5.07. The molecule has 4 unspecified atom stereocenters. The molecule has 1 aromatic carbocycles. The summed E-state index contributed by atoms with van der Waals surface area (Å²) in [4.78, 5) is 24.4. The number of fused-ring (bicyclic) bond motifs is 1. The first-order valence-corrected chi connectivity index (χ1v) is 8.85. The molecular formula is C19H26N2O3. The third kappa shape index (κ3) is 3.55. The molecular weight excluding hydrogens is 304 g/mol. The van der Waals surface area contributed by atoms with Crippen LogP contribution in [-0.2, 0) is 4.79 Å². The van der Waals surface area contributed by atoms with Gasteiger partial charge in [-0.3, -0.25) is 9.59 Å². The van der Waals surface area contributed by atoms with Crippen molar-refractivity contribution in [3.63, 3.8) is 0 Å². The minimum absolute atomic E-state index is 0.0773. The van der Waals surface area contributed by atoms with Gasteiger partial charge in [0.1, 0.15) is 5.75 Å². The second kappa shape index (κ2) is 7.24. The molecule has 1 heterocycles. The maximum atomic E-state index is 12.5. The summed E-state index contributed by atoms with van der Waals surface area (Å²) < 4.78 is 5.17. The van der Waals surface area contributed by atoms with Gasteiger partial charge < -0.3 is 15.4 Å². The van der Waals surface area contributed by atoms with Crippen molar-refractivity contribution in [2.45, 2.75) is 51.1 Å². The smallest absolute Gasteiger partial charge is 0.251 e. The topological polar surface area (TPSA) is 67.4 Å². The largest absolute Gasteiger partial charge is 0.497 e. The highest BCUT2D eigenvalue weighted by atomic mass is 16.5. The van der Waals surface area contributed by atoms with E-state index in [2.05, 4.69) is 17.6 Å². The molecule has 2 fully saturated rings. The van der Waals surface area contributed by atoms with Crippen LogP contribution in [-0.4, -0.2) is 31.0 Å². The minimum atomic E-state index is -0.0773. The number of methoxy groups -OCH3 is 1. The summed E-state index contributed by atoms with van der Waals surface area (Å²) in [6, 6.07) is 7.49. The summed E-state index contributed by atoms with van der Waals surface area (Å²) in [6.45, 7) is 2.16. The molecule has 1 aromatic rings. The number of hydrogen-bond acceptors (Lipinski definition) is 3. The van der Waals surface area contributed by atoms with Gasteiger partial charge in [-0.2, -0.15) is 0 Å². The van der Waals surface area contributed by atoms with Gasteiger partial charge in [0.2, 0.25) is 5.91 Å². The summed E-state index contributed by atoms with van der Waals surface area (Å²) in [5.74, 6) is 1.79. The average Bonchev–Trinajstić information content (AvgIpc) is 2.60. The zero-order chi connectivity index (χ0) is 17.1. The van der Waals surface area contributed by atoms with Gasteiger partial charge in [0.25, 0.3) is 5.91 Å². The summed E-state index contributed by atoms with van der Waals surface area (Å²) in [7, 11) is 1.59. The van der Waals surface area contributed by atoms with Gasteiger partial charge in [0.15, 0.2) is 0 Å². The Morgan fingerprint density at radius 1 is 1.38 bits per heavy atom. The van der Waals surface area contributed by atoms with Crippen molar-refractivity contribution in [2.24, 2.45) is 11.8 Å². The average molecular weight is 330 g/mol. The van der Waals surface area contributed by atoms with Crippen molar-refractivity contribution < 1.29 is 14.3 Å². The second-order valence-electron chi connectivity index (χ2n) is 6.93. The van der Waals surface area contributed by atoms with Crippen molar-refractivity contribution in [2.75, 3.05) is 7.11 Å².